The van der Waals surface area contributed by atoms with E-state index in [9.17, 15) is 4.79 Å². The molecule has 1 fully saturated rings. The minimum atomic E-state index is 0.108. The van der Waals surface area contributed by atoms with Gasteiger partial charge in [0, 0.05) is 13.1 Å². The van der Waals surface area contributed by atoms with E-state index >= 15 is 0 Å². The summed E-state index contributed by atoms with van der Waals surface area (Å²) in [5.41, 5.74) is 0. The number of allylic oxidation sites excluding steroid dienone is 1. The molecule has 1 amide bonds. The van der Waals surface area contributed by atoms with E-state index in [-0.39, 0.29) is 5.91 Å². The van der Waals surface area contributed by atoms with E-state index in [1.807, 2.05) is 11.0 Å². The fraction of sp³-hybridized carbons (Fsp3) is 0.750. The van der Waals surface area contributed by atoms with E-state index in [4.69, 9.17) is 4.74 Å². The Kier molecular flexibility index (Phi) is 3.64. The van der Waals surface area contributed by atoms with Gasteiger partial charge in [0.05, 0.1) is 6.61 Å². The first-order valence-corrected chi connectivity index (χ1v) is 6.00. The zero-order valence-electron chi connectivity index (χ0n) is 9.21. The Morgan fingerprint density at radius 1 is 1.13 bits per heavy atom. The number of hydrogen-bond acceptors (Lipinski definition) is 2. The second kappa shape index (κ2) is 5.19. The van der Waals surface area contributed by atoms with Crippen LogP contribution in [-0.4, -0.2) is 30.5 Å². The van der Waals surface area contributed by atoms with Crippen molar-refractivity contribution in [1.29, 1.82) is 0 Å². The van der Waals surface area contributed by atoms with Gasteiger partial charge in [-0.1, -0.05) is 12.8 Å². The molecule has 0 N–H and O–H groups in total. The predicted molar refractivity (Wildman–Crippen MR) is 58.3 cm³/mol. The summed E-state index contributed by atoms with van der Waals surface area (Å²) in [6.45, 7) is 2.50. The summed E-state index contributed by atoms with van der Waals surface area (Å²) in [6.07, 6.45) is 8.74. The largest absolute Gasteiger partial charge is 0.488 e. The number of ether oxygens (including phenoxy) is 1. The molecule has 0 aliphatic carbocycles. The van der Waals surface area contributed by atoms with Crippen molar-refractivity contribution >= 4 is 5.91 Å². The van der Waals surface area contributed by atoms with Crippen LogP contribution in [0.1, 0.15) is 38.5 Å². The molecule has 0 saturated carbocycles. The smallest absolute Gasteiger partial charge is 0.288 e. The average molecular weight is 209 g/mol. The lowest BCUT2D eigenvalue weighted by Crippen LogP contribution is -2.34. The van der Waals surface area contributed by atoms with Gasteiger partial charge in [0.15, 0.2) is 5.76 Å². The first-order valence-electron chi connectivity index (χ1n) is 6.00. The van der Waals surface area contributed by atoms with Gasteiger partial charge < -0.3 is 9.64 Å². The highest BCUT2D eigenvalue weighted by Gasteiger charge is 2.21. The van der Waals surface area contributed by atoms with E-state index in [2.05, 4.69) is 0 Å². The lowest BCUT2D eigenvalue weighted by atomic mass is 10.2. The number of hydrogen-bond donors (Lipinski definition) is 0. The van der Waals surface area contributed by atoms with E-state index in [0.29, 0.717) is 12.4 Å². The van der Waals surface area contributed by atoms with Crippen molar-refractivity contribution < 1.29 is 9.53 Å². The van der Waals surface area contributed by atoms with Crippen LogP contribution in [0.5, 0.6) is 0 Å². The second-order valence-electron chi connectivity index (χ2n) is 4.27. The quantitative estimate of drug-likeness (QED) is 0.661. The molecular formula is C12H19NO2. The normalized spacial score (nSPS) is 22.7. The SMILES string of the molecule is O=C(C1=CCCCO1)N1CCCCCC1. The summed E-state index contributed by atoms with van der Waals surface area (Å²) in [4.78, 5) is 14.0. The molecular weight excluding hydrogens is 190 g/mol. The van der Waals surface area contributed by atoms with Crippen molar-refractivity contribution in [2.45, 2.75) is 38.5 Å². The van der Waals surface area contributed by atoms with Crippen molar-refractivity contribution in [2.75, 3.05) is 19.7 Å². The molecule has 0 aromatic rings. The van der Waals surface area contributed by atoms with Crippen LogP contribution >= 0.6 is 0 Å². The Balaban J connectivity index is 1.95. The van der Waals surface area contributed by atoms with Crippen molar-refractivity contribution in [3.63, 3.8) is 0 Å². The maximum Gasteiger partial charge on any atom is 0.288 e. The van der Waals surface area contributed by atoms with Gasteiger partial charge in [0.1, 0.15) is 0 Å². The predicted octanol–water partition coefficient (Wildman–Crippen LogP) is 2.08. The van der Waals surface area contributed by atoms with Crippen molar-refractivity contribution in [2.24, 2.45) is 0 Å². The number of likely N-dealkylation sites (tertiary alicyclic amines) is 1. The minimum absolute atomic E-state index is 0.108. The average Bonchev–Trinajstić information content (AvgIpc) is 2.58. The van der Waals surface area contributed by atoms with Crippen LogP contribution in [0.3, 0.4) is 0 Å². The molecule has 2 rings (SSSR count). The third kappa shape index (κ3) is 2.74. The van der Waals surface area contributed by atoms with E-state index in [1.165, 1.54) is 12.8 Å². The lowest BCUT2D eigenvalue weighted by Gasteiger charge is -2.23. The minimum Gasteiger partial charge on any atom is -0.488 e. The van der Waals surface area contributed by atoms with Crippen LogP contribution in [0.4, 0.5) is 0 Å². The van der Waals surface area contributed by atoms with Crippen molar-refractivity contribution in [3.8, 4) is 0 Å². The zero-order valence-corrected chi connectivity index (χ0v) is 9.21. The number of rotatable bonds is 1. The Labute approximate surface area is 91.1 Å². The summed E-state index contributed by atoms with van der Waals surface area (Å²) in [5.74, 6) is 0.694. The topological polar surface area (TPSA) is 29.5 Å². The molecule has 2 aliphatic rings. The molecule has 0 spiro atoms. The first-order chi connectivity index (χ1) is 7.38. The van der Waals surface area contributed by atoms with Crippen LogP contribution < -0.4 is 0 Å². The Morgan fingerprint density at radius 2 is 1.87 bits per heavy atom. The van der Waals surface area contributed by atoms with E-state index in [1.54, 1.807) is 0 Å². The summed E-state index contributed by atoms with van der Waals surface area (Å²) in [5, 5.41) is 0. The Bertz CT molecular complexity index is 252. The summed E-state index contributed by atoms with van der Waals surface area (Å²) < 4.78 is 5.40. The van der Waals surface area contributed by atoms with Gasteiger partial charge in [-0.05, 0) is 31.8 Å². The van der Waals surface area contributed by atoms with Gasteiger partial charge >= 0.3 is 0 Å². The molecule has 1 saturated heterocycles. The van der Waals surface area contributed by atoms with E-state index in [0.717, 1.165) is 38.8 Å². The number of carbonyl (C=O) groups excluding carboxylic acids is 1. The van der Waals surface area contributed by atoms with Crippen LogP contribution in [-0.2, 0) is 9.53 Å². The van der Waals surface area contributed by atoms with Gasteiger partial charge in [-0.25, -0.2) is 0 Å². The molecule has 0 aromatic heterocycles. The molecule has 0 radical (unpaired) electrons. The van der Waals surface area contributed by atoms with Crippen LogP contribution in [0, 0.1) is 0 Å². The summed E-state index contributed by atoms with van der Waals surface area (Å²) >= 11 is 0. The lowest BCUT2D eigenvalue weighted by molar-refractivity contribution is -0.131. The highest BCUT2D eigenvalue weighted by atomic mass is 16.5. The van der Waals surface area contributed by atoms with Gasteiger partial charge in [0.2, 0.25) is 0 Å². The van der Waals surface area contributed by atoms with Crippen LogP contribution in [0.25, 0.3) is 0 Å². The number of nitrogens with zero attached hydrogens (tertiary/aromatic N) is 1. The molecule has 0 aromatic carbocycles. The molecule has 3 heteroatoms. The molecule has 0 atom stereocenters. The van der Waals surface area contributed by atoms with Crippen LogP contribution in [0.2, 0.25) is 0 Å². The summed E-state index contributed by atoms with van der Waals surface area (Å²) in [6, 6.07) is 0. The molecule has 2 aliphatic heterocycles. The highest BCUT2D eigenvalue weighted by molar-refractivity contribution is 5.91. The van der Waals surface area contributed by atoms with Gasteiger partial charge in [-0.3, -0.25) is 4.79 Å². The second-order valence-corrected chi connectivity index (χ2v) is 4.27. The molecule has 84 valence electrons. The summed E-state index contributed by atoms with van der Waals surface area (Å²) in [7, 11) is 0. The highest BCUT2D eigenvalue weighted by Crippen LogP contribution is 2.16. The Hall–Kier alpha value is -0.990. The maximum absolute atomic E-state index is 12.0. The van der Waals surface area contributed by atoms with Gasteiger partial charge in [-0.15, -0.1) is 0 Å². The molecule has 0 bridgehead atoms. The van der Waals surface area contributed by atoms with Gasteiger partial charge in [0.25, 0.3) is 5.91 Å². The fourth-order valence-electron chi connectivity index (χ4n) is 2.14. The zero-order chi connectivity index (χ0) is 10.5. The fourth-order valence-corrected chi connectivity index (χ4v) is 2.14. The number of amides is 1. The first kappa shape index (κ1) is 10.5. The third-order valence-electron chi connectivity index (χ3n) is 3.04. The molecule has 2 heterocycles. The monoisotopic (exact) mass is 209 g/mol. The van der Waals surface area contributed by atoms with Crippen LogP contribution in [0.15, 0.2) is 11.8 Å². The molecule has 0 unspecified atom stereocenters. The number of carbonyl (C=O) groups is 1. The van der Waals surface area contributed by atoms with Crippen molar-refractivity contribution in [1.82, 2.24) is 4.90 Å². The van der Waals surface area contributed by atoms with E-state index < -0.39 is 0 Å². The Morgan fingerprint density at radius 3 is 2.47 bits per heavy atom. The maximum atomic E-state index is 12.0. The standard InChI is InChI=1S/C12H19NO2/c14-12(11-7-3-6-10-15-11)13-8-4-1-2-5-9-13/h7H,1-6,8-10H2. The third-order valence-corrected chi connectivity index (χ3v) is 3.04. The molecule has 15 heavy (non-hydrogen) atoms. The van der Waals surface area contributed by atoms with Gasteiger partial charge in [-0.2, -0.15) is 0 Å². The van der Waals surface area contributed by atoms with Crippen molar-refractivity contribution in [3.05, 3.63) is 11.8 Å². The molecule has 3 nitrogen and oxygen atoms in total.